The van der Waals surface area contributed by atoms with E-state index in [0.29, 0.717) is 11.5 Å². The highest BCUT2D eigenvalue weighted by atomic mass is 16.6. The SMILES string of the molecule is Cn1cnnc1-c1cccc(NC(=O)c2nonc2N)c1. The number of nitrogens with one attached hydrogen (secondary N) is 1. The summed E-state index contributed by atoms with van der Waals surface area (Å²) in [6.07, 6.45) is 1.60. The summed E-state index contributed by atoms with van der Waals surface area (Å²) in [4.78, 5) is 12.0. The molecular formula is C12H11N7O2. The first-order valence-corrected chi connectivity index (χ1v) is 5.99. The van der Waals surface area contributed by atoms with Gasteiger partial charge in [0.2, 0.25) is 11.5 Å². The second kappa shape index (κ2) is 5.04. The molecule has 1 aromatic carbocycles. The third-order valence-corrected chi connectivity index (χ3v) is 2.82. The van der Waals surface area contributed by atoms with Crippen molar-refractivity contribution in [3.8, 4) is 11.4 Å². The number of rotatable bonds is 3. The maximum atomic E-state index is 12.0. The topological polar surface area (TPSA) is 125 Å². The number of nitrogen functional groups attached to an aromatic ring is 1. The number of aromatic nitrogens is 5. The van der Waals surface area contributed by atoms with Crippen molar-refractivity contribution in [3.05, 3.63) is 36.3 Å². The lowest BCUT2D eigenvalue weighted by atomic mass is 10.2. The van der Waals surface area contributed by atoms with Gasteiger partial charge in [-0.05, 0) is 22.4 Å². The van der Waals surface area contributed by atoms with E-state index < -0.39 is 5.91 Å². The molecule has 3 rings (SSSR count). The Balaban J connectivity index is 1.86. The molecule has 0 saturated carbocycles. The van der Waals surface area contributed by atoms with Gasteiger partial charge in [0.05, 0.1) is 0 Å². The Hall–Kier alpha value is -3.23. The Kier molecular flexibility index (Phi) is 3.07. The van der Waals surface area contributed by atoms with Crippen LogP contribution in [0.3, 0.4) is 0 Å². The molecule has 2 heterocycles. The number of anilines is 2. The summed E-state index contributed by atoms with van der Waals surface area (Å²) in [7, 11) is 1.84. The van der Waals surface area contributed by atoms with Crippen LogP contribution in [0.5, 0.6) is 0 Å². The number of hydrogen-bond acceptors (Lipinski definition) is 7. The van der Waals surface area contributed by atoms with Gasteiger partial charge in [-0.25, -0.2) is 4.63 Å². The fraction of sp³-hybridized carbons (Fsp3) is 0.0833. The van der Waals surface area contributed by atoms with Crippen molar-refractivity contribution >= 4 is 17.4 Å². The van der Waals surface area contributed by atoms with E-state index in [2.05, 4.69) is 30.5 Å². The van der Waals surface area contributed by atoms with E-state index in [0.717, 1.165) is 5.56 Å². The minimum atomic E-state index is -0.496. The van der Waals surface area contributed by atoms with Crippen LogP contribution in [0.15, 0.2) is 35.2 Å². The second-order valence-electron chi connectivity index (χ2n) is 4.30. The summed E-state index contributed by atoms with van der Waals surface area (Å²) in [6, 6.07) is 7.17. The molecule has 0 saturated heterocycles. The molecule has 0 aliphatic rings. The van der Waals surface area contributed by atoms with Crippen molar-refractivity contribution < 1.29 is 9.42 Å². The summed E-state index contributed by atoms with van der Waals surface area (Å²) in [6.45, 7) is 0. The van der Waals surface area contributed by atoms with Crippen LogP contribution in [-0.2, 0) is 7.05 Å². The fourth-order valence-corrected chi connectivity index (χ4v) is 1.82. The minimum absolute atomic E-state index is 0.0564. The number of benzene rings is 1. The molecule has 2 aromatic heterocycles. The van der Waals surface area contributed by atoms with E-state index in [9.17, 15) is 4.79 Å². The standard InChI is InChI=1S/C12H11N7O2/c1-19-6-14-16-11(19)7-3-2-4-8(5-7)15-12(20)9-10(13)18-21-17-9/h2-6H,1H3,(H2,13,18)(H,15,20). The quantitative estimate of drug-likeness (QED) is 0.725. The third-order valence-electron chi connectivity index (χ3n) is 2.82. The van der Waals surface area contributed by atoms with Gasteiger partial charge >= 0.3 is 0 Å². The molecular weight excluding hydrogens is 274 g/mol. The van der Waals surface area contributed by atoms with E-state index in [1.165, 1.54) is 0 Å². The molecule has 0 fully saturated rings. The second-order valence-corrected chi connectivity index (χ2v) is 4.30. The van der Waals surface area contributed by atoms with Crippen LogP contribution < -0.4 is 11.1 Å². The van der Waals surface area contributed by atoms with Crippen LogP contribution in [0.25, 0.3) is 11.4 Å². The van der Waals surface area contributed by atoms with E-state index in [1.807, 2.05) is 13.1 Å². The van der Waals surface area contributed by atoms with E-state index >= 15 is 0 Å². The average molecular weight is 285 g/mol. The highest BCUT2D eigenvalue weighted by Gasteiger charge is 2.16. The van der Waals surface area contributed by atoms with Crippen molar-refractivity contribution in [3.63, 3.8) is 0 Å². The van der Waals surface area contributed by atoms with E-state index in [1.54, 1.807) is 29.1 Å². The lowest BCUT2D eigenvalue weighted by Gasteiger charge is -2.05. The smallest absolute Gasteiger partial charge is 0.281 e. The Morgan fingerprint density at radius 1 is 1.38 bits per heavy atom. The van der Waals surface area contributed by atoms with Crippen molar-refractivity contribution in [2.45, 2.75) is 0 Å². The molecule has 0 aliphatic carbocycles. The van der Waals surface area contributed by atoms with Gasteiger partial charge in [-0.2, -0.15) is 0 Å². The first-order valence-electron chi connectivity index (χ1n) is 5.99. The average Bonchev–Trinajstić information content (AvgIpc) is 3.07. The molecule has 106 valence electrons. The van der Waals surface area contributed by atoms with Crippen LogP contribution in [0.4, 0.5) is 11.5 Å². The van der Waals surface area contributed by atoms with Gasteiger partial charge in [-0.1, -0.05) is 12.1 Å². The highest BCUT2D eigenvalue weighted by molar-refractivity contribution is 6.05. The first kappa shape index (κ1) is 12.8. The number of hydrogen-bond donors (Lipinski definition) is 2. The Labute approximate surface area is 118 Å². The molecule has 0 atom stereocenters. The number of nitrogens with two attached hydrogens (primary N) is 1. The molecule has 0 bridgehead atoms. The molecule has 9 nitrogen and oxygen atoms in total. The number of aryl methyl sites for hydroxylation is 1. The zero-order valence-electron chi connectivity index (χ0n) is 11.0. The lowest BCUT2D eigenvalue weighted by Crippen LogP contribution is -2.14. The van der Waals surface area contributed by atoms with Crippen molar-refractivity contribution in [1.29, 1.82) is 0 Å². The molecule has 0 aliphatic heterocycles. The number of amides is 1. The molecule has 0 spiro atoms. The summed E-state index contributed by atoms with van der Waals surface area (Å²) in [5.41, 5.74) is 6.81. The Bertz CT molecular complexity index is 792. The van der Waals surface area contributed by atoms with Crippen LogP contribution in [0.1, 0.15) is 10.5 Å². The molecule has 21 heavy (non-hydrogen) atoms. The Morgan fingerprint density at radius 3 is 2.90 bits per heavy atom. The fourth-order valence-electron chi connectivity index (χ4n) is 1.82. The predicted octanol–water partition coefficient (Wildman–Crippen LogP) is 0.700. The number of nitrogens with zero attached hydrogens (tertiary/aromatic N) is 5. The molecule has 1 amide bonds. The van der Waals surface area contributed by atoms with Crippen LogP contribution in [0, 0.1) is 0 Å². The summed E-state index contributed by atoms with van der Waals surface area (Å²) in [5.74, 6) is 0.134. The van der Waals surface area contributed by atoms with Gasteiger partial charge in [0, 0.05) is 18.3 Å². The van der Waals surface area contributed by atoms with Gasteiger partial charge in [0.15, 0.2) is 5.82 Å². The van der Waals surface area contributed by atoms with Gasteiger partial charge in [0.25, 0.3) is 5.91 Å². The normalized spacial score (nSPS) is 10.5. The monoisotopic (exact) mass is 285 g/mol. The summed E-state index contributed by atoms with van der Waals surface area (Å²) < 4.78 is 6.17. The number of carbonyl (C=O) groups excluding carboxylic acids is 1. The third kappa shape index (κ3) is 2.43. The molecule has 0 radical (unpaired) electrons. The lowest BCUT2D eigenvalue weighted by molar-refractivity contribution is 0.101. The van der Waals surface area contributed by atoms with Crippen LogP contribution in [0.2, 0.25) is 0 Å². The molecule has 3 aromatic rings. The minimum Gasteiger partial charge on any atom is -0.379 e. The van der Waals surface area contributed by atoms with Crippen molar-refractivity contribution in [1.82, 2.24) is 25.1 Å². The molecule has 3 N–H and O–H groups in total. The zero-order valence-corrected chi connectivity index (χ0v) is 11.0. The van der Waals surface area contributed by atoms with Gasteiger partial charge < -0.3 is 15.6 Å². The van der Waals surface area contributed by atoms with E-state index in [4.69, 9.17) is 5.73 Å². The van der Waals surface area contributed by atoms with Crippen molar-refractivity contribution in [2.75, 3.05) is 11.1 Å². The maximum absolute atomic E-state index is 12.0. The largest absolute Gasteiger partial charge is 0.379 e. The summed E-state index contributed by atoms with van der Waals surface area (Å²) in [5, 5.41) is 17.3. The zero-order chi connectivity index (χ0) is 14.8. The molecule has 0 unspecified atom stereocenters. The van der Waals surface area contributed by atoms with Crippen LogP contribution >= 0.6 is 0 Å². The van der Waals surface area contributed by atoms with Gasteiger partial charge in [0.1, 0.15) is 6.33 Å². The Morgan fingerprint density at radius 2 is 2.24 bits per heavy atom. The predicted molar refractivity (Wildman–Crippen MR) is 73.1 cm³/mol. The van der Waals surface area contributed by atoms with Gasteiger partial charge in [-0.15, -0.1) is 10.2 Å². The first-order chi connectivity index (χ1) is 10.1. The molecule has 9 heteroatoms. The van der Waals surface area contributed by atoms with Crippen molar-refractivity contribution in [2.24, 2.45) is 7.05 Å². The number of carbonyl (C=O) groups is 1. The maximum Gasteiger partial charge on any atom is 0.281 e. The van der Waals surface area contributed by atoms with E-state index in [-0.39, 0.29) is 11.5 Å². The highest BCUT2D eigenvalue weighted by Crippen LogP contribution is 2.20. The van der Waals surface area contributed by atoms with Crippen LogP contribution in [-0.4, -0.2) is 31.0 Å². The summed E-state index contributed by atoms with van der Waals surface area (Å²) >= 11 is 0. The van der Waals surface area contributed by atoms with Gasteiger partial charge in [-0.3, -0.25) is 4.79 Å².